The Hall–Kier alpha value is -2.48. The molecule has 2 aliphatic rings. The molecule has 148 valence electrons. The molecule has 0 unspecified atom stereocenters. The van der Waals surface area contributed by atoms with Crippen molar-refractivity contribution in [3.05, 3.63) is 53.6 Å². The lowest BCUT2D eigenvalue weighted by atomic mass is 9.80. The second-order valence-corrected chi connectivity index (χ2v) is 7.52. The molecular weight excluding hydrogens is 389 g/mol. The number of benzene rings is 2. The second-order valence-electron chi connectivity index (χ2n) is 7.13. The molecule has 1 saturated heterocycles. The molecule has 0 amide bonds. The molecule has 2 aromatic rings. The standard InChI is InChI=1S/C20H19F3N2O2S/c1-11-16-14-8-5-9-15(26-3)17(14)27-19(11,2)25(18(28)24-16)13-7-4-6-12(10-13)20(21,22)23/h4-11,16H,1-3H3,(H,24,28)/t11-,16+,19-/m0/s1. The summed E-state index contributed by atoms with van der Waals surface area (Å²) >= 11 is 5.54. The first-order valence-electron chi connectivity index (χ1n) is 8.80. The number of halogens is 3. The third-order valence-corrected chi connectivity index (χ3v) is 5.88. The van der Waals surface area contributed by atoms with Gasteiger partial charge in [0.25, 0.3) is 0 Å². The number of alkyl halides is 3. The molecule has 4 rings (SSSR count). The Bertz CT molecular complexity index is 949. The average molecular weight is 408 g/mol. The van der Waals surface area contributed by atoms with E-state index in [9.17, 15) is 13.2 Å². The first-order valence-corrected chi connectivity index (χ1v) is 9.21. The summed E-state index contributed by atoms with van der Waals surface area (Å²) in [4.78, 5) is 1.62. The van der Waals surface area contributed by atoms with Crippen molar-refractivity contribution in [2.75, 3.05) is 12.0 Å². The zero-order valence-electron chi connectivity index (χ0n) is 15.5. The zero-order chi connectivity index (χ0) is 20.3. The van der Waals surface area contributed by atoms with Crippen molar-refractivity contribution in [1.29, 1.82) is 0 Å². The maximum atomic E-state index is 13.2. The normalized spacial score (nSPS) is 26.2. The van der Waals surface area contributed by atoms with E-state index < -0.39 is 17.5 Å². The topological polar surface area (TPSA) is 33.7 Å². The quantitative estimate of drug-likeness (QED) is 0.716. The van der Waals surface area contributed by atoms with Crippen LogP contribution in [0.15, 0.2) is 42.5 Å². The van der Waals surface area contributed by atoms with Gasteiger partial charge in [0, 0.05) is 17.2 Å². The number of anilines is 1. The van der Waals surface area contributed by atoms with Crippen molar-refractivity contribution >= 4 is 23.0 Å². The Labute approximate surface area is 166 Å². The van der Waals surface area contributed by atoms with Crippen molar-refractivity contribution in [3.8, 4) is 11.5 Å². The lowest BCUT2D eigenvalue weighted by Gasteiger charge is -2.56. The van der Waals surface area contributed by atoms with Crippen molar-refractivity contribution in [3.63, 3.8) is 0 Å². The van der Waals surface area contributed by atoms with Crippen LogP contribution >= 0.6 is 12.2 Å². The molecule has 0 saturated carbocycles. The highest BCUT2D eigenvalue weighted by atomic mass is 32.1. The van der Waals surface area contributed by atoms with Crippen LogP contribution in [0.25, 0.3) is 0 Å². The fraction of sp³-hybridized carbons (Fsp3) is 0.350. The van der Waals surface area contributed by atoms with Gasteiger partial charge in [0.2, 0.25) is 0 Å². The largest absolute Gasteiger partial charge is 0.493 e. The van der Waals surface area contributed by atoms with Crippen LogP contribution in [0.3, 0.4) is 0 Å². The van der Waals surface area contributed by atoms with E-state index in [0.717, 1.165) is 17.7 Å². The molecule has 1 N–H and O–H groups in total. The Morgan fingerprint density at radius 3 is 2.61 bits per heavy atom. The number of nitrogens with one attached hydrogen (secondary N) is 1. The smallest absolute Gasteiger partial charge is 0.416 e. The van der Waals surface area contributed by atoms with Crippen molar-refractivity contribution in [1.82, 2.24) is 5.32 Å². The maximum Gasteiger partial charge on any atom is 0.416 e. The first-order chi connectivity index (χ1) is 13.2. The van der Waals surface area contributed by atoms with E-state index in [-0.39, 0.29) is 12.0 Å². The van der Waals surface area contributed by atoms with Gasteiger partial charge in [-0.25, -0.2) is 0 Å². The van der Waals surface area contributed by atoms with E-state index >= 15 is 0 Å². The van der Waals surface area contributed by atoms with Gasteiger partial charge in [0.15, 0.2) is 22.3 Å². The predicted octanol–water partition coefficient (Wildman–Crippen LogP) is 4.89. The minimum Gasteiger partial charge on any atom is -0.493 e. The summed E-state index contributed by atoms with van der Waals surface area (Å²) in [6.07, 6.45) is -4.45. The molecule has 2 bridgehead atoms. The third kappa shape index (κ3) is 2.70. The number of para-hydroxylation sites is 1. The Balaban J connectivity index is 1.85. The fourth-order valence-electron chi connectivity index (χ4n) is 3.97. The average Bonchev–Trinajstić information content (AvgIpc) is 2.63. The fourth-order valence-corrected chi connectivity index (χ4v) is 4.39. The highest BCUT2D eigenvalue weighted by molar-refractivity contribution is 7.80. The molecule has 1 fully saturated rings. The van der Waals surface area contributed by atoms with E-state index in [4.69, 9.17) is 21.7 Å². The third-order valence-electron chi connectivity index (χ3n) is 5.58. The summed E-state index contributed by atoms with van der Waals surface area (Å²) in [7, 11) is 1.55. The Kier molecular flexibility index (Phi) is 4.22. The molecule has 0 aliphatic carbocycles. The summed E-state index contributed by atoms with van der Waals surface area (Å²) in [6, 6.07) is 10.6. The van der Waals surface area contributed by atoms with E-state index in [1.807, 2.05) is 26.0 Å². The van der Waals surface area contributed by atoms with Crippen molar-refractivity contribution in [2.24, 2.45) is 5.92 Å². The molecule has 3 atom stereocenters. The van der Waals surface area contributed by atoms with Crippen LogP contribution in [-0.2, 0) is 6.18 Å². The number of rotatable bonds is 2. The highest BCUT2D eigenvalue weighted by Crippen LogP contribution is 2.52. The molecule has 2 aromatic carbocycles. The Morgan fingerprint density at radius 1 is 1.21 bits per heavy atom. The summed E-state index contributed by atoms with van der Waals surface area (Å²) in [5.41, 5.74) is -0.493. The lowest BCUT2D eigenvalue weighted by molar-refractivity contribution is -0.137. The van der Waals surface area contributed by atoms with Gasteiger partial charge in [0.05, 0.1) is 18.7 Å². The van der Waals surface area contributed by atoms with Gasteiger partial charge in [-0.1, -0.05) is 25.1 Å². The molecule has 0 spiro atoms. The van der Waals surface area contributed by atoms with Gasteiger partial charge in [-0.3, -0.25) is 4.90 Å². The molecule has 0 aromatic heterocycles. The molecule has 8 heteroatoms. The van der Waals surface area contributed by atoms with Crippen molar-refractivity contribution in [2.45, 2.75) is 31.8 Å². The number of ether oxygens (including phenoxy) is 2. The first kappa shape index (κ1) is 18.9. The molecule has 2 heterocycles. The molecule has 28 heavy (non-hydrogen) atoms. The van der Waals surface area contributed by atoms with Gasteiger partial charge >= 0.3 is 6.18 Å². The summed E-state index contributed by atoms with van der Waals surface area (Å²) in [5, 5.41) is 3.60. The monoisotopic (exact) mass is 408 g/mol. The van der Waals surface area contributed by atoms with E-state index in [1.54, 1.807) is 24.1 Å². The van der Waals surface area contributed by atoms with Crippen LogP contribution < -0.4 is 19.7 Å². The molecule has 2 aliphatic heterocycles. The summed E-state index contributed by atoms with van der Waals surface area (Å²) in [6.45, 7) is 3.83. The molecule has 0 radical (unpaired) electrons. The van der Waals surface area contributed by atoms with Gasteiger partial charge in [-0.15, -0.1) is 0 Å². The molecular formula is C20H19F3N2O2S. The van der Waals surface area contributed by atoms with Crippen LogP contribution in [0, 0.1) is 5.92 Å². The Morgan fingerprint density at radius 2 is 1.93 bits per heavy atom. The van der Waals surface area contributed by atoms with E-state index in [0.29, 0.717) is 22.3 Å². The number of thiocarbonyl (C=S) groups is 1. The van der Waals surface area contributed by atoms with Crippen LogP contribution in [-0.4, -0.2) is 17.9 Å². The van der Waals surface area contributed by atoms with Crippen LogP contribution in [0.1, 0.15) is 31.0 Å². The number of methoxy groups -OCH3 is 1. The van der Waals surface area contributed by atoms with E-state index in [2.05, 4.69) is 5.32 Å². The lowest BCUT2D eigenvalue weighted by Crippen LogP contribution is -2.69. The SMILES string of the molecule is COc1cccc2c1O[C@@]1(C)[C@@H](C)[C@H]2NC(=S)N1c1cccc(C(F)(F)F)c1. The van der Waals surface area contributed by atoms with Crippen LogP contribution in [0.5, 0.6) is 11.5 Å². The zero-order valence-corrected chi connectivity index (χ0v) is 16.3. The number of fused-ring (bicyclic) bond motifs is 4. The number of hydrogen-bond donors (Lipinski definition) is 1. The number of hydrogen-bond acceptors (Lipinski definition) is 3. The minimum absolute atomic E-state index is 0.103. The van der Waals surface area contributed by atoms with Gasteiger partial charge in [-0.05, 0) is 43.4 Å². The second kappa shape index (κ2) is 6.27. The van der Waals surface area contributed by atoms with Crippen LogP contribution in [0.4, 0.5) is 18.9 Å². The molecule has 4 nitrogen and oxygen atoms in total. The van der Waals surface area contributed by atoms with Gasteiger partial charge in [-0.2, -0.15) is 13.2 Å². The number of nitrogens with zero attached hydrogens (tertiary/aromatic N) is 1. The predicted molar refractivity (Wildman–Crippen MR) is 104 cm³/mol. The van der Waals surface area contributed by atoms with E-state index in [1.165, 1.54) is 6.07 Å². The minimum atomic E-state index is -4.45. The summed E-state index contributed by atoms with van der Waals surface area (Å²) in [5.74, 6) is 1.04. The van der Waals surface area contributed by atoms with Gasteiger partial charge in [0.1, 0.15) is 0 Å². The van der Waals surface area contributed by atoms with Crippen LogP contribution in [0.2, 0.25) is 0 Å². The summed E-state index contributed by atoms with van der Waals surface area (Å²) < 4.78 is 51.5. The van der Waals surface area contributed by atoms with Crippen molar-refractivity contribution < 1.29 is 22.6 Å². The highest BCUT2D eigenvalue weighted by Gasteiger charge is 2.54. The maximum absolute atomic E-state index is 13.2. The van der Waals surface area contributed by atoms with Gasteiger partial charge < -0.3 is 14.8 Å².